The lowest BCUT2D eigenvalue weighted by atomic mass is 10.1. The molecule has 0 fully saturated rings. The lowest BCUT2D eigenvalue weighted by Crippen LogP contribution is -2.30. The SMILES string of the molecule is COCCCNC(=O)c1ccc(CN(Cc2ccccc2F)C(C)C)o1. The Labute approximate surface area is 154 Å². The lowest BCUT2D eigenvalue weighted by molar-refractivity contribution is 0.0915. The molecule has 2 rings (SSSR count). The Morgan fingerprint density at radius 2 is 2.00 bits per heavy atom. The van der Waals surface area contributed by atoms with Crippen molar-refractivity contribution >= 4 is 5.91 Å². The number of carbonyl (C=O) groups excluding carboxylic acids is 1. The molecule has 1 amide bonds. The summed E-state index contributed by atoms with van der Waals surface area (Å²) in [4.78, 5) is 14.2. The topological polar surface area (TPSA) is 54.7 Å². The van der Waals surface area contributed by atoms with Gasteiger partial charge in [-0.25, -0.2) is 4.39 Å². The average Bonchev–Trinajstić information content (AvgIpc) is 3.08. The average molecular weight is 362 g/mol. The van der Waals surface area contributed by atoms with Crippen molar-refractivity contribution in [2.75, 3.05) is 20.3 Å². The summed E-state index contributed by atoms with van der Waals surface area (Å²) < 4.78 is 24.5. The summed E-state index contributed by atoms with van der Waals surface area (Å²) in [6.45, 7) is 6.21. The number of hydrogen-bond acceptors (Lipinski definition) is 4. The molecule has 0 saturated carbocycles. The number of amides is 1. The molecule has 0 aliphatic heterocycles. The van der Waals surface area contributed by atoms with Crippen molar-refractivity contribution in [1.82, 2.24) is 10.2 Å². The summed E-state index contributed by atoms with van der Waals surface area (Å²) in [5.74, 6) is 0.510. The van der Waals surface area contributed by atoms with E-state index >= 15 is 0 Å². The third-order valence-electron chi connectivity index (χ3n) is 4.12. The van der Waals surface area contributed by atoms with Gasteiger partial charge in [0.25, 0.3) is 5.91 Å². The van der Waals surface area contributed by atoms with Gasteiger partial charge < -0.3 is 14.5 Å². The normalized spacial score (nSPS) is 11.3. The predicted octanol–water partition coefficient (Wildman–Crippen LogP) is 3.60. The van der Waals surface area contributed by atoms with E-state index in [1.165, 1.54) is 6.07 Å². The molecular weight excluding hydrogens is 335 g/mol. The third-order valence-corrected chi connectivity index (χ3v) is 4.12. The van der Waals surface area contributed by atoms with E-state index in [1.54, 1.807) is 31.4 Å². The van der Waals surface area contributed by atoms with Crippen LogP contribution in [-0.2, 0) is 17.8 Å². The Kier molecular flexibility index (Phi) is 7.81. The minimum Gasteiger partial charge on any atom is -0.455 e. The van der Waals surface area contributed by atoms with E-state index in [-0.39, 0.29) is 23.5 Å². The van der Waals surface area contributed by atoms with E-state index in [4.69, 9.17) is 9.15 Å². The largest absolute Gasteiger partial charge is 0.455 e. The van der Waals surface area contributed by atoms with Crippen LogP contribution < -0.4 is 5.32 Å². The third kappa shape index (κ3) is 5.97. The van der Waals surface area contributed by atoms with Crippen molar-refractivity contribution in [1.29, 1.82) is 0 Å². The lowest BCUT2D eigenvalue weighted by Gasteiger charge is -2.25. The molecule has 0 unspecified atom stereocenters. The van der Waals surface area contributed by atoms with Crippen molar-refractivity contribution in [2.45, 2.75) is 39.4 Å². The molecule has 0 atom stereocenters. The van der Waals surface area contributed by atoms with Crippen LogP contribution in [0.25, 0.3) is 0 Å². The van der Waals surface area contributed by atoms with Gasteiger partial charge in [-0.2, -0.15) is 0 Å². The first kappa shape index (κ1) is 20.1. The fourth-order valence-corrected chi connectivity index (χ4v) is 2.56. The summed E-state index contributed by atoms with van der Waals surface area (Å²) in [5, 5.41) is 2.79. The predicted molar refractivity (Wildman–Crippen MR) is 98.3 cm³/mol. The number of ether oxygens (including phenoxy) is 1. The molecule has 26 heavy (non-hydrogen) atoms. The molecule has 0 saturated heterocycles. The Balaban J connectivity index is 1.96. The van der Waals surface area contributed by atoms with Gasteiger partial charge in [0.2, 0.25) is 0 Å². The molecule has 1 N–H and O–H groups in total. The summed E-state index contributed by atoms with van der Waals surface area (Å²) in [6, 6.07) is 10.4. The second-order valence-electron chi connectivity index (χ2n) is 6.46. The Morgan fingerprint density at radius 1 is 1.23 bits per heavy atom. The van der Waals surface area contributed by atoms with E-state index in [0.717, 1.165) is 6.42 Å². The highest BCUT2D eigenvalue weighted by Gasteiger charge is 2.17. The van der Waals surface area contributed by atoms with Crippen LogP contribution in [0.2, 0.25) is 0 Å². The molecule has 1 aromatic carbocycles. The van der Waals surface area contributed by atoms with Crippen LogP contribution in [0.3, 0.4) is 0 Å². The monoisotopic (exact) mass is 362 g/mol. The van der Waals surface area contributed by atoms with Crippen LogP contribution >= 0.6 is 0 Å². The fourth-order valence-electron chi connectivity index (χ4n) is 2.56. The van der Waals surface area contributed by atoms with Crippen LogP contribution in [0, 0.1) is 5.82 Å². The number of carbonyl (C=O) groups is 1. The van der Waals surface area contributed by atoms with Crippen LogP contribution in [0.4, 0.5) is 4.39 Å². The van der Waals surface area contributed by atoms with Gasteiger partial charge in [-0.1, -0.05) is 18.2 Å². The summed E-state index contributed by atoms with van der Waals surface area (Å²) >= 11 is 0. The molecule has 0 radical (unpaired) electrons. The highest BCUT2D eigenvalue weighted by molar-refractivity contribution is 5.91. The molecule has 0 aliphatic rings. The minimum absolute atomic E-state index is 0.200. The van der Waals surface area contributed by atoms with Crippen LogP contribution in [0.1, 0.15) is 42.1 Å². The minimum atomic E-state index is -0.238. The van der Waals surface area contributed by atoms with Gasteiger partial charge in [0, 0.05) is 38.4 Å². The number of rotatable bonds is 10. The van der Waals surface area contributed by atoms with Crippen LogP contribution in [0.5, 0.6) is 0 Å². The number of furan rings is 1. The van der Waals surface area contributed by atoms with Gasteiger partial charge in [0.05, 0.1) is 6.54 Å². The van der Waals surface area contributed by atoms with E-state index in [9.17, 15) is 9.18 Å². The molecule has 1 aromatic heterocycles. The zero-order valence-electron chi connectivity index (χ0n) is 15.6. The maximum absolute atomic E-state index is 13.9. The quantitative estimate of drug-likeness (QED) is 0.656. The highest BCUT2D eigenvalue weighted by Crippen LogP contribution is 2.17. The number of methoxy groups -OCH3 is 1. The molecule has 0 bridgehead atoms. The van der Waals surface area contributed by atoms with Crippen molar-refractivity contribution in [3.63, 3.8) is 0 Å². The van der Waals surface area contributed by atoms with Gasteiger partial charge in [-0.15, -0.1) is 0 Å². The molecule has 5 nitrogen and oxygen atoms in total. The van der Waals surface area contributed by atoms with Crippen molar-refractivity contribution < 1.29 is 18.3 Å². The number of halogens is 1. The Hall–Kier alpha value is -2.18. The first-order valence-electron chi connectivity index (χ1n) is 8.84. The molecule has 6 heteroatoms. The van der Waals surface area contributed by atoms with E-state index in [2.05, 4.69) is 10.2 Å². The number of nitrogens with zero attached hydrogens (tertiary/aromatic N) is 1. The molecular formula is C20H27FN2O3. The maximum Gasteiger partial charge on any atom is 0.286 e. The van der Waals surface area contributed by atoms with Gasteiger partial charge in [0.1, 0.15) is 11.6 Å². The zero-order chi connectivity index (χ0) is 18.9. The Bertz CT molecular complexity index is 700. The fraction of sp³-hybridized carbons (Fsp3) is 0.450. The molecule has 0 spiro atoms. The first-order chi connectivity index (χ1) is 12.5. The summed E-state index contributed by atoms with van der Waals surface area (Å²) in [6.07, 6.45) is 0.750. The van der Waals surface area contributed by atoms with Crippen LogP contribution in [0.15, 0.2) is 40.8 Å². The standard InChI is InChI=1S/C20H27FN2O3/c1-15(2)23(13-16-7-4-5-8-18(16)21)14-17-9-10-19(26-17)20(24)22-11-6-12-25-3/h4-5,7-10,15H,6,11-14H2,1-3H3,(H,22,24). The Morgan fingerprint density at radius 3 is 2.69 bits per heavy atom. The zero-order valence-corrected chi connectivity index (χ0v) is 15.6. The maximum atomic E-state index is 13.9. The van der Waals surface area contributed by atoms with Crippen molar-refractivity contribution in [3.8, 4) is 0 Å². The second kappa shape index (κ2) is 10.1. The van der Waals surface area contributed by atoms with E-state index < -0.39 is 0 Å². The number of hydrogen-bond donors (Lipinski definition) is 1. The van der Waals surface area contributed by atoms with Gasteiger partial charge in [-0.3, -0.25) is 9.69 Å². The summed E-state index contributed by atoms with van der Waals surface area (Å²) in [7, 11) is 1.63. The smallest absolute Gasteiger partial charge is 0.286 e. The van der Waals surface area contributed by atoms with Crippen molar-refractivity contribution in [3.05, 3.63) is 59.3 Å². The molecule has 2 aromatic rings. The molecule has 0 aliphatic carbocycles. The number of nitrogens with one attached hydrogen (secondary N) is 1. The van der Waals surface area contributed by atoms with Gasteiger partial charge in [0.15, 0.2) is 5.76 Å². The van der Waals surface area contributed by atoms with E-state index in [0.29, 0.717) is 37.6 Å². The van der Waals surface area contributed by atoms with Gasteiger partial charge >= 0.3 is 0 Å². The van der Waals surface area contributed by atoms with Gasteiger partial charge in [-0.05, 0) is 38.5 Å². The molecule has 142 valence electrons. The summed E-state index contributed by atoms with van der Waals surface area (Å²) in [5.41, 5.74) is 0.642. The van der Waals surface area contributed by atoms with E-state index in [1.807, 2.05) is 19.9 Å². The van der Waals surface area contributed by atoms with Crippen LogP contribution in [-0.4, -0.2) is 37.1 Å². The first-order valence-corrected chi connectivity index (χ1v) is 8.84. The molecule has 1 heterocycles. The van der Waals surface area contributed by atoms with Crippen molar-refractivity contribution in [2.24, 2.45) is 0 Å². The second-order valence-corrected chi connectivity index (χ2v) is 6.46. The number of benzene rings is 1. The highest BCUT2D eigenvalue weighted by atomic mass is 19.1.